The molecule has 204 valence electrons. The Kier molecular flexibility index (Phi) is 7.73. The Bertz CT molecular complexity index is 1460. The summed E-state index contributed by atoms with van der Waals surface area (Å²) in [6.45, 7) is 10.3. The van der Waals surface area contributed by atoms with E-state index in [9.17, 15) is 4.79 Å². The quantitative estimate of drug-likeness (QED) is 0.373. The number of nitrogens with zero attached hydrogens (tertiary/aromatic N) is 5. The summed E-state index contributed by atoms with van der Waals surface area (Å²) >= 11 is 0. The number of anilines is 1. The SMILES string of the molecule is Cc1cc(-c2cnc3[nH]cc(-c4cccc(C(=O)N(C)CCN(C)C)c4)c3c2)cc(C)c1N1CCN(C)CC1. The first-order valence-electron chi connectivity index (χ1n) is 13.7. The summed E-state index contributed by atoms with van der Waals surface area (Å²) in [6.07, 6.45) is 3.94. The van der Waals surface area contributed by atoms with Gasteiger partial charge >= 0.3 is 0 Å². The molecule has 5 rings (SSSR count). The van der Waals surface area contributed by atoms with Crippen LogP contribution in [0.25, 0.3) is 33.3 Å². The molecule has 0 unspecified atom stereocenters. The van der Waals surface area contributed by atoms with Crippen LogP contribution in [0.15, 0.2) is 54.9 Å². The number of pyridine rings is 1. The molecule has 0 saturated carbocycles. The molecule has 1 fully saturated rings. The number of hydrogen-bond acceptors (Lipinski definition) is 5. The van der Waals surface area contributed by atoms with E-state index in [2.05, 4.69) is 64.8 Å². The van der Waals surface area contributed by atoms with Crippen molar-refractivity contribution < 1.29 is 4.79 Å². The summed E-state index contributed by atoms with van der Waals surface area (Å²) in [6, 6.07) is 14.7. The lowest BCUT2D eigenvalue weighted by Gasteiger charge is -2.36. The third-order valence-electron chi connectivity index (χ3n) is 7.82. The minimum absolute atomic E-state index is 0.0312. The maximum Gasteiger partial charge on any atom is 0.253 e. The molecule has 2 aromatic carbocycles. The van der Waals surface area contributed by atoms with Crippen LogP contribution in [-0.4, -0.2) is 98.0 Å². The Morgan fingerprint density at radius 2 is 1.64 bits per heavy atom. The largest absolute Gasteiger partial charge is 0.369 e. The van der Waals surface area contributed by atoms with E-state index in [1.54, 1.807) is 4.90 Å². The lowest BCUT2D eigenvalue weighted by atomic mass is 9.97. The second kappa shape index (κ2) is 11.2. The highest BCUT2D eigenvalue weighted by Gasteiger charge is 2.19. The molecule has 0 radical (unpaired) electrons. The Morgan fingerprint density at radius 1 is 0.923 bits per heavy atom. The van der Waals surface area contributed by atoms with Crippen molar-refractivity contribution in [1.82, 2.24) is 24.7 Å². The number of aromatic amines is 1. The summed E-state index contributed by atoms with van der Waals surface area (Å²) < 4.78 is 0. The molecule has 1 aliphatic rings. The highest BCUT2D eigenvalue weighted by atomic mass is 16.2. The van der Waals surface area contributed by atoms with Gasteiger partial charge in [-0.2, -0.15) is 0 Å². The van der Waals surface area contributed by atoms with Crippen molar-refractivity contribution in [3.8, 4) is 22.3 Å². The molecule has 1 amide bonds. The normalized spacial score (nSPS) is 14.4. The minimum atomic E-state index is 0.0312. The molecule has 2 aromatic heterocycles. The van der Waals surface area contributed by atoms with Crippen LogP contribution in [0.4, 0.5) is 5.69 Å². The van der Waals surface area contributed by atoms with E-state index in [0.29, 0.717) is 12.1 Å². The fraction of sp³-hybridized carbons (Fsp3) is 0.375. The number of H-pyrrole nitrogens is 1. The van der Waals surface area contributed by atoms with Gasteiger partial charge < -0.3 is 24.6 Å². The molecule has 0 aliphatic carbocycles. The lowest BCUT2D eigenvalue weighted by Crippen LogP contribution is -2.45. The van der Waals surface area contributed by atoms with E-state index in [1.807, 2.05) is 51.7 Å². The summed E-state index contributed by atoms with van der Waals surface area (Å²) in [5.41, 5.74) is 9.82. The second-order valence-corrected chi connectivity index (χ2v) is 11.2. The number of fused-ring (bicyclic) bond motifs is 1. The van der Waals surface area contributed by atoms with Gasteiger partial charge in [0.2, 0.25) is 0 Å². The van der Waals surface area contributed by atoms with Crippen LogP contribution in [-0.2, 0) is 0 Å². The Balaban J connectivity index is 1.45. The van der Waals surface area contributed by atoms with Gasteiger partial charge in [0.05, 0.1) is 0 Å². The third-order valence-corrected chi connectivity index (χ3v) is 7.82. The lowest BCUT2D eigenvalue weighted by molar-refractivity contribution is 0.0786. The zero-order valence-electron chi connectivity index (χ0n) is 24.1. The fourth-order valence-electron chi connectivity index (χ4n) is 5.54. The Labute approximate surface area is 232 Å². The molecule has 0 bridgehead atoms. The average Bonchev–Trinajstić information content (AvgIpc) is 3.35. The molecule has 0 spiro atoms. The molecule has 39 heavy (non-hydrogen) atoms. The number of amides is 1. The van der Waals surface area contributed by atoms with E-state index in [0.717, 1.165) is 60.4 Å². The van der Waals surface area contributed by atoms with E-state index >= 15 is 0 Å². The summed E-state index contributed by atoms with van der Waals surface area (Å²) in [7, 11) is 8.09. The summed E-state index contributed by atoms with van der Waals surface area (Å²) in [5.74, 6) is 0.0312. The number of piperazine rings is 1. The standard InChI is InChI=1S/C32H40N6O/c1-22-16-26(17-23(2)30(22)38-14-11-36(5)12-15-38)27-19-28-29(21-34-31(28)33-20-27)24-8-7-9-25(18-24)32(39)37(6)13-10-35(3)4/h7-9,16-21H,10-15H2,1-6H3,(H,33,34). The van der Waals surface area contributed by atoms with E-state index in [-0.39, 0.29) is 5.91 Å². The summed E-state index contributed by atoms with van der Waals surface area (Å²) in [4.78, 5) is 29.9. The Morgan fingerprint density at radius 3 is 2.33 bits per heavy atom. The average molecular weight is 525 g/mol. The van der Waals surface area contributed by atoms with Crippen LogP contribution < -0.4 is 4.90 Å². The van der Waals surface area contributed by atoms with Crippen molar-refractivity contribution in [2.75, 3.05) is 72.4 Å². The smallest absolute Gasteiger partial charge is 0.253 e. The van der Waals surface area contributed by atoms with Gasteiger partial charge in [0.25, 0.3) is 5.91 Å². The zero-order chi connectivity index (χ0) is 27.7. The maximum absolute atomic E-state index is 13.1. The second-order valence-electron chi connectivity index (χ2n) is 11.2. The molecule has 1 N–H and O–H groups in total. The number of carbonyl (C=O) groups is 1. The van der Waals surface area contributed by atoms with Crippen molar-refractivity contribution in [2.24, 2.45) is 0 Å². The first-order valence-corrected chi connectivity index (χ1v) is 13.7. The molecule has 4 aromatic rings. The number of aryl methyl sites for hydroxylation is 2. The number of carbonyl (C=O) groups excluding carboxylic acids is 1. The van der Waals surface area contributed by atoms with Crippen LogP contribution in [0.5, 0.6) is 0 Å². The highest BCUT2D eigenvalue weighted by Crippen LogP contribution is 2.35. The maximum atomic E-state index is 13.1. The van der Waals surface area contributed by atoms with Gasteiger partial charge in [0, 0.05) is 86.5 Å². The number of likely N-dealkylation sites (N-methyl/N-ethyl adjacent to an activating group) is 3. The highest BCUT2D eigenvalue weighted by molar-refractivity contribution is 5.99. The van der Waals surface area contributed by atoms with Gasteiger partial charge in [-0.1, -0.05) is 12.1 Å². The van der Waals surface area contributed by atoms with Gasteiger partial charge in [0.15, 0.2) is 0 Å². The van der Waals surface area contributed by atoms with Crippen LogP contribution in [0.1, 0.15) is 21.5 Å². The van der Waals surface area contributed by atoms with E-state index < -0.39 is 0 Å². The van der Waals surface area contributed by atoms with Crippen molar-refractivity contribution >= 4 is 22.6 Å². The molecule has 1 aliphatic heterocycles. The number of nitrogens with one attached hydrogen (secondary N) is 1. The van der Waals surface area contributed by atoms with Gasteiger partial charge in [-0.05, 0) is 87.6 Å². The molecular weight excluding hydrogens is 484 g/mol. The zero-order valence-corrected chi connectivity index (χ0v) is 24.1. The van der Waals surface area contributed by atoms with E-state index in [4.69, 9.17) is 4.98 Å². The topological polar surface area (TPSA) is 58.7 Å². The fourth-order valence-corrected chi connectivity index (χ4v) is 5.54. The third kappa shape index (κ3) is 5.70. The molecule has 1 saturated heterocycles. The number of benzene rings is 2. The first-order chi connectivity index (χ1) is 18.7. The number of aromatic nitrogens is 2. The first kappa shape index (κ1) is 26.9. The molecular formula is C32H40N6O. The van der Waals surface area contributed by atoms with Gasteiger partial charge in [-0.25, -0.2) is 4.98 Å². The van der Waals surface area contributed by atoms with Crippen LogP contribution in [0.2, 0.25) is 0 Å². The monoisotopic (exact) mass is 524 g/mol. The molecule has 7 heteroatoms. The molecule has 3 heterocycles. The van der Waals surface area contributed by atoms with Crippen molar-refractivity contribution in [3.63, 3.8) is 0 Å². The number of hydrogen-bond donors (Lipinski definition) is 1. The van der Waals surface area contributed by atoms with Crippen LogP contribution in [0, 0.1) is 13.8 Å². The van der Waals surface area contributed by atoms with Crippen molar-refractivity contribution in [1.29, 1.82) is 0 Å². The minimum Gasteiger partial charge on any atom is -0.369 e. The van der Waals surface area contributed by atoms with Crippen molar-refractivity contribution in [2.45, 2.75) is 13.8 Å². The predicted molar refractivity (Wildman–Crippen MR) is 162 cm³/mol. The van der Waals surface area contributed by atoms with Gasteiger partial charge in [0.1, 0.15) is 5.65 Å². The molecule has 7 nitrogen and oxygen atoms in total. The van der Waals surface area contributed by atoms with Gasteiger partial charge in [-0.3, -0.25) is 4.79 Å². The number of rotatable bonds is 7. The Hall–Kier alpha value is -3.68. The van der Waals surface area contributed by atoms with Crippen molar-refractivity contribution in [3.05, 3.63) is 71.5 Å². The molecule has 0 atom stereocenters. The van der Waals surface area contributed by atoms with E-state index in [1.165, 1.54) is 22.4 Å². The summed E-state index contributed by atoms with van der Waals surface area (Å²) in [5, 5.41) is 1.05. The van der Waals surface area contributed by atoms with Gasteiger partial charge in [-0.15, -0.1) is 0 Å². The van der Waals surface area contributed by atoms with Crippen LogP contribution in [0.3, 0.4) is 0 Å². The predicted octanol–water partition coefficient (Wildman–Crippen LogP) is 4.90. The van der Waals surface area contributed by atoms with Crippen LogP contribution >= 0.6 is 0 Å².